The topological polar surface area (TPSA) is 80.0 Å². The number of aryl methyl sites for hydroxylation is 1. The molecule has 0 aliphatic carbocycles. The van der Waals surface area contributed by atoms with Gasteiger partial charge in [-0.05, 0) is 13.2 Å². The van der Waals surface area contributed by atoms with Crippen molar-refractivity contribution in [3.05, 3.63) is 12.7 Å². The maximum absolute atomic E-state index is 11.6. The second-order valence-corrected chi connectivity index (χ2v) is 4.80. The molecule has 96 valence electrons. The number of thioether (sulfide) groups is 1. The smallest absolute Gasteiger partial charge is 0.222 e. The van der Waals surface area contributed by atoms with Crippen LogP contribution in [0.25, 0.3) is 0 Å². The first-order chi connectivity index (χ1) is 8.17. The van der Waals surface area contributed by atoms with Crippen molar-refractivity contribution >= 4 is 17.7 Å². The predicted molar refractivity (Wildman–Crippen MR) is 66.6 cm³/mol. The Bertz CT molecular complexity index is 327. The molecule has 2 atom stereocenters. The van der Waals surface area contributed by atoms with Gasteiger partial charge >= 0.3 is 0 Å². The fourth-order valence-electron chi connectivity index (χ4n) is 1.42. The maximum Gasteiger partial charge on any atom is 0.222 e. The zero-order valence-electron chi connectivity index (χ0n) is 10.0. The predicted octanol–water partition coefficient (Wildman–Crippen LogP) is -0.103. The zero-order chi connectivity index (χ0) is 12.7. The Morgan fingerprint density at radius 1 is 1.65 bits per heavy atom. The molecule has 17 heavy (non-hydrogen) atoms. The van der Waals surface area contributed by atoms with Crippen LogP contribution in [0.2, 0.25) is 0 Å². The van der Waals surface area contributed by atoms with Gasteiger partial charge in [0.1, 0.15) is 12.7 Å². The van der Waals surface area contributed by atoms with E-state index in [2.05, 4.69) is 15.4 Å². The second-order valence-electron chi connectivity index (χ2n) is 3.72. The summed E-state index contributed by atoms with van der Waals surface area (Å²) in [4.78, 5) is 15.4. The van der Waals surface area contributed by atoms with Crippen molar-refractivity contribution in [2.75, 3.05) is 12.9 Å². The second kappa shape index (κ2) is 7.29. The van der Waals surface area contributed by atoms with Crippen LogP contribution in [0, 0.1) is 0 Å². The third kappa shape index (κ3) is 4.74. The molecular weight excluding hydrogens is 240 g/mol. The van der Waals surface area contributed by atoms with Crippen LogP contribution in [-0.2, 0) is 11.3 Å². The molecule has 2 N–H and O–H groups in total. The average molecular weight is 258 g/mol. The third-order valence-electron chi connectivity index (χ3n) is 2.46. The fourth-order valence-corrected chi connectivity index (χ4v) is 2.05. The van der Waals surface area contributed by atoms with Gasteiger partial charge in [0, 0.05) is 17.7 Å². The minimum Gasteiger partial charge on any atom is -0.395 e. The van der Waals surface area contributed by atoms with Crippen LogP contribution in [0.3, 0.4) is 0 Å². The van der Waals surface area contributed by atoms with Gasteiger partial charge in [0.05, 0.1) is 13.2 Å². The first kappa shape index (κ1) is 14.0. The molecule has 0 aliphatic rings. The van der Waals surface area contributed by atoms with Crippen molar-refractivity contribution in [2.45, 2.75) is 31.2 Å². The Morgan fingerprint density at radius 3 is 2.94 bits per heavy atom. The number of carbonyl (C=O) groups is 1. The highest BCUT2D eigenvalue weighted by atomic mass is 32.2. The first-order valence-electron chi connectivity index (χ1n) is 5.42. The molecule has 1 rings (SSSR count). The van der Waals surface area contributed by atoms with Gasteiger partial charge in [-0.2, -0.15) is 16.9 Å². The van der Waals surface area contributed by atoms with E-state index in [1.54, 1.807) is 22.8 Å². The third-order valence-corrected chi connectivity index (χ3v) is 3.63. The van der Waals surface area contributed by atoms with Gasteiger partial charge in [0.2, 0.25) is 5.91 Å². The summed E-state index contributed by atoms with van der Waals surface area (Å²) in [6, 6.07) is -0.0433. The number of amides is 1. The summed E-state index contributed by atoms with van der Waals surface area (Å²) >= 11 is 1.54. The summed E-state index contributed by atoms with van der Waals surface area (Å²) in [5, 5.41) is 15.9. The average Bonchev–Trinajstić information content (AvgIpc) is 2.81. The molecular formula is C10H18N4O2S. The van der Waals surface area contributed by atoms with E-state index in [-0.39, 0.29) is 23.8 Å². The molecule has 6 nitrogen and oxygen atoms in total. The molecule has 0 aromatic carbocycles. The van der Waals surface area contributed by atoms with Crippen molar-refractivity contribution in [3.63, 3.8) is 0 Å². The highest BCUT2D eigenvalue weighted by Crippen LogP contribution is 2.10. The quantitative estimate of drug-likeness (QED) is 0.714. The van der Waals surface area contributed by atoms with E-state index in [1.807, 2.05) is 13.2 Å². The van der Waals surface area contributed by atoms with E-state index < -0.39 is 0 Å². The molecule has 1 heterocycles. The monoisotopic (exact) mass is 258 g/mol. The van der Waals surface area contributed by atoms with Gasteiger partial charge in [0.15, 0.2) is 0 Å². The Balaban J connectivity index is 2.29. The minimum absolute atomic E-state index is 0.0327. The molecule has 0 aliphatic heterocycles. The van der Waals surface area contributed by atoms with Crippen LogP contribution in [0.4, 0.5) is 0 Å². The van der Waals surface area contributed by atoms with Crippen LogP contribution in [-0.4, -0.2) is 49.9 Å². The van der Waals surface area contributed by atoms with Crippen LogP contribution in [0.15, 0.2) is 12.7 Å². The molecule has 0 radical (unpaired) electrons. The van der Waals surface area contributed by atoms with E-state index in [4.69, 9.17) is 5.11 Å². The van der Waals surface area contributed by atoms with Gasteiger partial charge in [-0.1, -0.05) is 0 Å². The van der Waals surface area contributed by atoms with Crippen LogP contribution < -0.4 is 5.32 Å². The molecule has 1 amide bonds. The molecule has 0 bridgehead atoms. The highest BCUT2D eigenvalue weighted by molar-refractivity contribution is 7.99. The Labute approximate surface area is 105 Å². The van der Waals surface area contributed by atoms with Crippen molar-refractivity contribution in [1.82, 2.24) is 20.1 Å². The Morgan fingerprint density at radius 2 is 2.41 bits per heavy atom. The van der Waals surface area contributed by atoms with E-state index in [1.165, 1.54) is 6.33 Å². The number of nitrogens with zero attached hydrogens (tertiary/aromatic N) is 3. The van der Waals surface area contributed by atoms with E-state index in [9.17, 15) is 4.79 Å². The lowest BCUT2D eigenvalue weighted by atomic mass is 10.2. The molecule has 0 saturated carbocycles. The Hall–Kier alpha value is -1.08. The SMILES string of the molecule is CSC(CO)C(C)NC(=O)CCn1cncn1. The van der Waals surface area contributed by atoms with E-state index >= 15 is 0 Å². The standard InChI is InChI=1S/C10H18N4O2S/c1-8(9(5-15)17-2)13-10(16)3-4-14-7-11-6-12-14/h6-9,15H,3-5H2,1-2H3,(H,13,16). The van der Waals surface area contributed by atoms with Crippen LogP contribution in [0.5, 0.6) is 0 Å². The minimum atomic E-state index is -0.0433. The molecule has 2 unspecified atom stereocenters. The zero-order valence-corrected chi connectivity index (χ0v) is 10.9. The summed E-state index contributed by atoms with van der Waals surface area (Å²) in [6.07, 6.45) is 5.30. The fraction of sp³-hybridized carbons (Fsp3) is 0.700. The number of rotatable bonds is 7. The molecule has 0 fully saturated rings. The number of hydrogen-bond acceptors (Lipinski definition) is 5. The van der Waals surface area contributed by atoms with Crippen LogP contribution in [0.1, 0.15) is 13.3 Å². The maximum atomic E-state index is 11.6. The van der Waals surface area contributed by atoms with Crippen molar-refractivity contribution in [1.29, 1.82) is 0 Å². The number of carbonyl (C=O) groups excluding carboxylic acids is 1. The van der Waals surface area contributed by atoms with Gasteiger partial charge in [-0.3, -0.25) is 9.48 Å². The highest BCUT2D eigenvalue weighted by Gasteiger charge is 2.17. The van der Waals surface area contributed by atoms with Crippen molar-refractivity contribution in [2.24, 2.45) is 0 Å². The number of aromatic nitrogens is 3. The van der Waals surface area contributed by atoms with Crippen molar-refractivity contribution < 1.29 is 9.90 Å². The lowest BCUT2D eigenvalue weighted by molar-refractivity contribution is -0.122. The number of aliphatic hydroxyl groups excluding tert-OH is 1. The van der Waals surface area contributed by atoms with Crippen molar-refractivity contribution in [3.8, 4) is 0 Å². The normalized spacial score (nSPS) is 14.3. The summed E-state index contributed by atoms with van der Waals surface area (Å²) in [5.74, 6) is -0.0412. The van der Waals surface area contributed by atoms with E-state index in [0.717, 1.165) is 0 Å². The van der Waals surface area contributed by atoms with Gasteiger partial charge in [-0.25, -0.2) is 4.98 Å². The molecule has 1 aromatic heterocycles. The summed E-state index contributed by atoms with van der Waals surface area (Å²) in [5.41, 5.74) is 0. The first-order valence-corrected chi connectivity index (χ1v) is 6.71. The summed E-state index contributed by atoms with van der Waals surface area (Å²) < 4.78 is 1.61. The van der Waals surface area contributed by atoms with E-state index in [0.29, 0.717) is 13.0 Å². The summed E-state index contributed by atoms with van der Waals surface area (Å²) in [7, 11) is 0. The van der Waals surface area contributed by atoms with Gasteiger partial charge in [0.25, 0.3) is 0 Å². The summed E-state index contributed by atoms with van der Waals surface area (Å²) in [6.45, 7) is 2.47. The molecule has 7 heteroatoms. The molecule has 1 aromatic rings. The number of hydrogen-bond donors (Lipinski definition) is 2. The van der Waals surface area contributed by atoms with Gasteiger partial charge < -0.3 is 10.4 Å². The van der Waals surface area contributed by atoms with Crippen LogP contribution >= 0.6 is 11.8 Å². The molecule has 0 saturated heterocycles. The van der Waals surface area contributed by atoms with Gasteiger partial charge in [-0.15, -0.1) is 0 Å². The lowest BCUT2D eigenvalue weighted by Crippen LogP contribution is -2.41. The number of nitrogens with one attached hydrogen (secondary N) is 1. The molecule has 0 spiro atoms. The number of aliphatic hydroxyl groups is 1. The largest absolute Gasteiger partial charge is 0.395 e. The Kier molecular flexibility index (Phi) is 5.99. The lowest BCUT2D eigenvalue weighted by Gasteiger charge is -2.21.